The summed E-state index contributed by atoms with van der Waals surface area (Å²) in [5.74, 6) is -1.65. The van der Waals surface area contributed by atoms with Crippen molar-refractivity contribution >= 4 is 15.7 Å². The van der Waals surface area contributed by atoms with Crippen LogP contribution in [0, 0.1) is 11.7 Å². The largest absolute Gasteiger partial charge is 0.376 e. The van der Waals surface area contributed by atoms with Gasteiger partial charge in [-0.3, -0.25) is 4.79 Å². The van der Waals surface area contributed by atoms with Gasteiger partial charge in [0.05, 0.1) is 19.0 Å². The predicted octanol–water partition coefficient (Wildman–Crippen LogP) is 1.24. The monoisotopic (exact) mass is 329 g/mol. The molecular formula is C15H20FNO4S. The summed E-state index contributed by atoms with van der Waals surface area (Å²) in [5, 5.41) is 2.69. The van der Waals surface area contributed by atoms with Crippen molar-refractivity contribution in [2.24, 2.45) is 5.92 Å². The second-order valence-corrected chi connectivity index (χ2v) is 8.19. The highest BCUT2D eigenvalue weighted by molar-refractivity contribution is 7.92. The number of ether oxygens (including phenoxy) is 1. The summed E-state index contributed by atoms with van der Waals surface area (Å²) in [5.41, 5.74) is -0.264. The van der Waals surface area contributed by atoms with E-state index in [0.29, 0.717) is 5.56 Å². The van der Waals surface area contributed by atoms with E-state index in [9.17, 15) is 17.6 Å². The normalized spacial score (nSPS) is 17.1. The van der Waals surface area contributed by atoms with Crippen LogP contribution < -0.4 is 5.32 Å². The van der Waals surface area contributed by atoms with Crippen LogP contribution in [0.1, 0.15) is 19.4 Å². The van der Waals surface area contributed by atoms with Gasteiger partial charge < -0.3 is 10.1 Å². The molecule has 0 unspecified atom stereocenters. The van der Waals surface area contributed by atoms with Crippen molar-refractivity contribution in [3.05, 3.63) is 35.6 Å². The third kappa shape index (κ3) is 4.04. The van der Waals surface area contributed by atoms with Crippen molar-refractivity contribution in [3.63, 3.8) is 0 Å². The molecule has 0 atom stereocenters. The number of rotatable bonds is 6. The molecule has 1 fully saturated rings. The molecule has 0 aromatic heterocycles. The highest BCUT2D eigenvalue weighted by Gasteiger charge is 2.42. The third-order valence-corrected chi connectivity index (χ3v) is 5.27. The van der Waals surface area contributed by atoms with Crippen LogP contribution in [0.3, 0.4) is 0 Å². The standard InChI is InChI=1S/C15H20FNO4S/c1-11(2)7-22(19,20)8-14(18)17-15(9-21-10-15)12-4-3-5-13(16)6-12/h3-6,11H,7-10H2,1-2H3,(H,17,18). The lowest BCUT2D eigenvalue weighted by atomic mass is 9.88. The summed E-state index contributed by atoms with van der Waals surface area (Å²) in [6, 6.07) is 5.87. The van der Waals surface area contributed by atoms with Crippen LogP contribution >= 0.6 is 0 Å². The van der Waals surface area contributed by atoms with Crippen molar-refractivity contribution < 1.29 is 22.3 Å². The first-order valence-corrected chi connectivity index (χ1v) is 8.90. The molecule has 1 saturated heterocycles. The van der Waals surface area contributed by atoms with Crippen LogP contribution in [0.15, 0.2) is 24.3 Å². The summed E-state index contributed by atoms with van der Waals surface area (Å²) >= 11 is 0. The number of hydrogen-bond acceptors (Lipinski definition) is 4. The Morgan fingerprint density at radius 3 is 2.59 bits per heavy atom. The smallest absolute Gasteiger partial charge is 0.236 e. The zero-order valence-electron chi connectivity index (χ0n) is 12.6. The topological polar surface area (TPSA) is 72.5 Å². The molecule has 1 aromatic carbocycles. The van der Waals surface area contributed by atoms with Gasteiger partial charge in [0.25, 0.3) is 0 Å². The molecule has 0 spiro atoms. The number of sulfone groups is 1. The van der Waals surface area contributed by atoms with Gasteiger partial charge in [-0.05, 0) is 23.6 Å². The maximum absolute atomic E-state index is 13.4. The van der Waals surface area contributed by atoms with Gasteiger partial charge >= 0.3 is 0 Å². The summed E-state index contributed by atoms with van der Waals surface area (Å²) in [6.45, 7) is 3.96. The molecular weight excluding hydrogens is 309 g/mol. The van der Waals surface area contributed by atoms with Crippen LogP contribution in [-0.4, -0.2) is 39.0 Å². The fourth-order valence-electron chi connectivity index (χ4n) is 2.47. The van der Waals surface area contributed by atoms with E-state index < -0.39 is 32.9 Å². The van der Waals surface area contributed by atoms with Gasteiger partial charge in [0.15, 0.2) is 9.84 Å². The minimum absolute atomic E-state index is 0.0378. The number of carbonyl (C=O) groups excluding carboxylic acids is 1. The maximum Gasteiger partial charge on any atom is 0.236 e. The van der Waals surface area contributed by atoms with Gasteiger partial charge in [-0.1, -0.05) is 26.0 Å². The fraction of sp³-hybridized carbons (Fsp3) is 0.533. The van der Waals surface area contributed by atoms with Gasteiger partial charge in [0.1, 0.15) is 17.1 Å². The molecule has 1 heterocycles. The van der Waals surface area contributed by atoms with E-state index in [2.05, 4.69) is 5.32 Å². The van der Waals surface area contributed by atoms with Crippen molar-refractivity contribution in [2.45, 2.75) is 19.4 Å². The molecule has 1 aliphatic heterocycles. The Hall–Kier alpha value is -1.47. The number of hydrogen-bond donors (Lipinski definition) is 1. The average Bonchev–Trinajstić information content (AvgIpc) is 2.31. The summed E-state index contributed by atoms with van der Waals surface area (Å²) in [4.78, 5) is 12.1. The number of nitrogens with one attached hydrogen (secondary N) is 1. The Bertz CT molecular complexity index is 653. The molecule has 7 heteroatoms. The molecule has 0 bridgehead atoms. The zero-order chi connectivity index (χ0) is 16.4. The second kappa shape index (κ2) is 6.34. The van der Waals surface area contributed by atoms with E-state index in [1.807, 2.05) is 0 Å². The minimum atomic E-state index is -3.45. The van der Waals surface area contributed by atoms with E-state index in [1.165, 1.54) is 12.1 Å². The highest BCUT2D eigenvalue weighted by Crippen LogP contribution is 2.30. The molecule has 1 amide bonds. The van der Waals surface area contributed by atoms with Crippen molar-refractivity contribution in [3.8, 4) is 0 Å². The van der Waals surface area contributed by atoms with Gasteiger partial charge in [0, 0.05) is 0 Å². The average molecular weight is 329 g/mol. The third-order valence-electron chi connectivity index (χ3n) is 3.39. The molecule has 1 N–H and O–H groups in total. The summed E-state index contributed by atoms with van der Waals surface area (Å²) < 4.78 is 42.3. The first kappa shape index (κ1) is 16.9. The number of carbonyl (C=O) groups is 1. The zero-order valence-corrected chi connectivity index (χ0v) is 13.5. The molecule has 5 nitrogen and oxygen atoms in total. The van der Waals surface area contributed by atoms with Crippen LogP contribution in [0.25, 0.3) is 0 Å². The SMILES string of the molecule is CC(C)CS(=O)(=O)CC(=O)NC1(c2cccc(F)c2)COC1. The van der Waals surface area contributed by atoms with Gasteiger partial charge in [-0.2, -0.15) is 0 Å². The molecule has 122 valence electrons. The first-order valence-electron chi connectivity index (χ1n) is 7.08. The van der Waals surface area contributed by atoms with Crippen molar-refractivity contribution in [2.75, 3.05) is 24.7 Å². The number of halogens is 1. The van der Waals surface area contributed by atoms with Crippen LogP contribution in [-0.2, 0) is 24.9 Å². The van der Waals surface area contributed by atoms with E-state index in [1.54, 1.807) is 26.0 Å². The quantitative estimate of drug-likeness (QED) is 0.852. The lowest BCUT2D eigenvalue weighted by molar-refractivity contribution is -0.131. The van der Waals surface area contributed by atoms with Crippen molar-refractivity contribution in [1.29, 1.82) is 0 Å². The Morgan fingerprint density at radius 2 is 2.09 bits per heavy atom. The summed E-state index contributed by atoms with van der Waals surface area (Å²) in [7, 11) is -3.45. The highest BCUT2D eigenvalue weighted by atomic mass is 32.2. The Labute approximate surface area is 129 Å². The van der Waals surface area contributed by atoms with E-state index in [0.717, 1.165) is 0 Å². The Kier molecular flexibility index (Phi) is 4.87. The van der Waals surface area contributed by atoms with Gasteiger partial charge in [0.2, 0.25) is 5.91 Å². The first-order chi connectivity index (χ1) is 10.2. The molecule has 1 aliphatic rings. The van der Waals surface area contributed by atoms with Gasteiger partial charge in [-0.25, -0.2) is 12.8 Å². The lowest BCUT2D eigenvalue weighted by Crippen LogP contribution is -2.60. The van der Waals surface area contributed by atoms with Crippen LogP contribution in [0.4, 0.5) is 4.39 Å². The second-order valence-electron chi connectivity index (χ2n) is 6.08. The van der Waals surface area contributed by atoms with Crippen LogP contribution in [0.2, 0.25) is 0 Å². The Morgan fingerprint density at radius 1 is 1.41 bits per heavy atom. The molecule has 0 saturated carbocycles. The van der Waals surface area contributed by atoms with E-state index in [-0.39, 0.29) is 24.9 Å². The lowest BCUT2D eigenvalue weighted by Gasteiger charge is -2.42. The minimum Gasteiger partial charge on any atom is -0.376 e. The molecule has 2 rings (SSSR count). The number of amides is 1. The van der Waals surface area contributed by atoms with Crippen LogP contribution in [0.5, 0.6) is 0 Å². The molecule has 0 aliphatic carbocycles. The number of benzene rings is 1. The van der Waals surface area contributed by atoms with Crippen molar-refractivity contribution in [1.82, 2.24) is 5.32 Å². The fourth-order valence-corrected chi connectivity index (χ4v) is 4.08. The van der Waals surface area contributed by atoms with Gasteiger partial charge in [-0.15, -0.1) is 0 Å². The maximum atomic E-state index is 13.4. The van der Waals surface area contributed by atoms with E-state index in [4.69, 9.17) is 4.74 Å². The Balaban J connectivity index is 2.09. The molecule has 1 aromatic rings. The van der Waals surface area contributed by atoms with E-state index >= 15 is 0 Å². The molecule has 22 heavy (non-hydrogen) atoms. The summed E-state index contributed by atoms with van der Waals surface area (Å²) in [6.07, 6.45) is 0. The molecule has 0 radical (unpaired) electrons. The predicted molar refractivity (Wildman–Crippen MR) is 80.5 cm³/mol.